The fraction of sp³-hybridized carbons (Fsp3) is 0.462. The SMILES string of the molecule is CC1CN(C(=O)c2ccc(I)c(O)c2)C(C)CO1. The van der Waals surface area contributed by atoms with E-state index in [-0.39, 0.29) is 23.8 Å². The van der Waals surface area contributed by atoms with E-state index in [1.165, 1.54) is 6.07 Å². The third kappa shape index (κ3) is 2.77. The molecule has 1 aliphatic rings. The lowest BCUT2D eigenvalue weighted by molar-refractivity contribution is -0.0387. The fourth-order valence-electron chi connectivity index (χ4n) is 2.00. The molecule has 2 atom stereocenters. The molecule has 0 spiro atoms. The number of halogens is 1. The Kier molecular flexibility index (Phi) is 4.11. The molecule has 1 aliphatic heterocycles. The molecule has 1 fully saturated rings. The molecule has 2 rings (SSSR count). The highest BCUT2D eigenvalue weighted by Crippen LogP contribution is 2.23. The van der Waals surface area contributed by atoms with Gasteiger partial charge in [-0.15, -0.1) is 0 Å². The molecule has 18 heavy (non-hydrogen) atoms. The zero-order chi connectivity index (χ0) is 13.3. The number of ether oxygens (including phenoxy) is 1. The lowest BCUT2D eigenvalue weighted by Crippen LogP contribution is -2.50. The molecule has 0 aliphatic carbocycles. The van der Waals surface area contributed by atoms with Crippen molar-refractivity contribution in [3.05, 3.63) is 27.3 Å². The average molecular weight is 361 g/mol. The Labute approximate surface area is 120 Å². The van der Waals surface area contributed by atoms with E-state index in [1.54, 1.807) is 17.0 Å². The van der Waals surface area contributed by atoms with Crippen LogP contribution in [0.3, 0.4) is 0 Å². The van der Waals surface area contributed by atoms with E-state index in [9.17, 15) is 9.90 Å². The largest absolute Gasteiger partial charge is 0.507 e. The second kappa shape index (κ2) is 5.44. The molecule has 1 aromatic carbocycles. The number of aromatic hydroxyl groups is 1. The van der Waals surface area contributed by atoms with E-state index in [0.717, 1.165) is 3.57 Å². The number of hydrogen-bond donors (Lipinski definition) is 1. The number of nitrogens with zero attached hydrogens (tertiary/aromatic N) is 1. The second-order valence-electron chi connectivity index (χ2n) is 4.62. The summed E-state index contributed by atoms with van der Waals surface area (Å²) in [5, 5.41) is 9.66. The number of benzene rings is 1. The summed E-state index contributed by atoms with van der Waals surface area (Å²) < 4.78 is 6.25. The summed E-state index contributed by atoms with van der Waals surface area (Å²) in [5.41, 5.74) is 0.522. The molecular weight excluding hydrogens is 345 g/mol. The van der Waals surface area contributed by atoms with Crippen molar-refractivity contribution in [2.45, 2.75) is 26.0 Å². The first-order valence-corrected chi connectivity index (χ1v) is 6.98. The fourth-order valence-corrected chi connectivity index (χ4v) is 2.33. The predicted octanol–water partition coefficient (Wildman–Crippen LogP) is 2.25. The molecule has 1 amide bonds. The maximum Gasteiger partial charge on any atom is 0.254 e. The summed E-state index contributed by atoms with van der Waals surface area (Å²) >= 11 is 2.03. The Bertz CT molecular complexity index is 464. The molecule has 1 N–H and O–H groups in total. The van der Waals surface area contributed by atoms with Gasteiger partial charge >= 0.3 is 0 Å². The van der Waals surface area contributed by atoms with Gasteiger partial charge in [-0.25, -0.2) is 0 Å². The number of carbonyl (C=O) groups excluding carboxylic acids is 1. The topological polar surface area (TPSA) is 49.8 Å². The highest BCUT2D eigenvalue weighted by atomic mass is 127. The summed E-state index contributed by atoms with van der Waals surface area (Å²) in [6, 6.07) is 5.08. The number of morpholine rings is 1. The molecule has 0 bridgehead atoms. The van der Waals surface area contributed by atoms with Crippen molar-refractivity contribution in [2.75, 3.05) is 13.2 Å². The molecule has 4 nitrogen and oxygen atoms in total. The number of rotatable bonds is 1. The minimum atomic E-state index is -0.0515. The van der Waals surface area contributed by atoms with Gasteiger partial charge in [0.25, 0.3) is 5.91 Å². The van der Waals surface area contributed by atoms with Crippen LogP contribution < -0.4 is 0 Å². The quantitative estimate of drug-likeness (QED) is 0.781. The van der Waals surface area contributed by atoms with Crippen molar-refractivity contribution in [2.24, 2.45) is 0 Å². The van der Waals surface area contributed by atoms with Gasteiger partial charge in [-0.2, -0.15) is 0 Å². The zero-order valence-electron chi connectivity index (χ0n) is 10.4. The van der Waals surface area contributed by atoms with Crippen LogP contribution in [0.25, 0.3) is 0 Å². The number of hydrogen-bond acceptors (Lipinski definition) is 3. The first-order chi connectivity index (χ1) is 8.49. The van der Waals surface area contributed by atoms with Crippen molar-refractivity contribution in [3.63, 3.8) is 0 Å². The van der Waals surface area contributed by atoms with Crippen LogP contribution in [0, 0.1) is 3.57 Å². The molecule has 2 unspecified atom stereocenters. The standard InChI is InChI=1S/C13H16INO3/c1-8-7-18-9(2)6-15(8)13(17)10-3-4-11(14)12(16)5-10/h3-5,8-9,16H,6-7H2,1-2H3. The Hall–Kier alpha value is -0.820. The van der Waals surface area contributed by atoms with E-state index >= 15 is 0 Å². The molecule has 1 aromatic rings. The van der Waals surface area contributed by atoms with Crippen molar-refractivity contribution < 1.29 is 14.6 Å². The van der Waals surface area contributed by atoms with Gasteiger partial charge in [-0.3, -0.25) is 4.79 Å². The van der Waals surface area contributed by atoms with Crippen LogP contribution in [-0.4, -0.2) is 41.2 Å². The minimum Gasteiger partial charge on any atom is -0.507 e. The van der Waals surface area contributed by atoms with Gasteiger partial charge in [0.15, 0.2) is 0 Å². The van der Waals surface area contributed by atoms with E-state index in [4.69, 9.17) is 4.74 Å². The van der Waals surface area contributed by atoms with Gasteiger partial charge in [-0.05, 0) is 54.6 Å². The first kappa shape index (κ1) is 13.6. The van der Waals surface area contributed by atoms with E-state index < -0.39 is 0 Å². The molecule has 98 valence electrons. The Morgan fingerprint density at radius 2 is 2.22 bits per heavy atom. The van der Waals surface area contributed by atoms with Crippen LogP contribution in [-0.2, 0) is 4.74 Å². The highest BCUT2D eigenvalue weighted by Gasteiger charge is 2.28. The molecular formula is C13H16INO3. The number of carbonyl (C=O) groups is 1. The van der Waals surface area contributed by atoms with Crippen molar-refractivity contribution in [3.8, 4) is 5.75 Å². The smallest absolute Gasteiger partial charge is 0.254 e. The summed E-state index contributed by atoms with van der Waals surface area (Å²) in [6.07, 6.45) is 0.0580. The van der Waals surface area contributed by atoms with Crippen LogP contribution in [0.2, 0.25) is 0 Å². The molecule has 0 aromatic heterocycles. The first-order valence-electron chi connectivity index (χ1n) is 5.90. The predicted molar refractivity (Wildman–Crippen MR) is 76.7 cm³/mol. The maximum atomic E-state index is 12.4. The minimum absolute atomic E-state index is 0.0515. The third-order valence-corrected chi connectivity index (χ3v) is 3.97. The van der Waals surface area contributed by atoms with Crippen molar-refractivity contribution in [1.29, 1.82) is 0 Å². The second-order valence-corrected chi connectivity index (χ2v) is 5.78. The summed E-state index contributed by atoms with van der Waals surface area (Å²) in [6.45, 7) is 5.07. The molecule has 1 heterocycles. The zero-order valence-corrected chi connectivity index (χ0v) is 12.5. The molecule has 0 radical (unpaired) electrons. The number of phenols is 1. The van der Waals surface area contributed by atoms with E-state index in [0.29, 0.717) is 18.7 Å². The Balaban J connectivity index is 2.21. The van der Waals surface area contributed by atoms with Crippen LogP contribution >= 0.6 is 22.6 Å². The van der Waals surface area contributed by atoms with Gasteiger partial charge in [-0.1, -0.05) is 0 Å². The molecule has 0 saturated carbocycles. The van der Waals surface area contributed by atoms with Gasteiger partial charge in [0.2, 0.25) is 0 Å². The van der Waals surface area contributed by atoms with Crippen LogP contribution in [0.5, 0.6) is 5.75 Å². The van der Waals surface area contributed by atoms with Crippen LogP contribution in [0.4, 0.5) is 0 Å². The van der Waals surface area contributed by atoms with Crippen LogP contribution in [0.1, 0.15) is 24.2 Å². The lowest BCUT2D eigenvalue weighted by Gasteiger charge is -2.36. The number of phenolic OH excluding ortho intramolecular Hbond substituents is 1. The molecule has 5 heteroatoms. The average Bonchev–Trinajstić information content (AvgIpc) is 2.35. The highest BCUT2D eigenvalue weighted by molar-refractivity contribution is 14.1. The van der Waals surface area contributed by atoms with Crippen molar-refractivity contribution >= 4 is 28.5 Å². The third-order valence-electron chi connectivity index (χ3n) is 3.06. The van der Waals surface area contributed by atoms with Gasteiger partial charge in [0.05, 0.1) is 22.3 Å². The summed E-state index contributed by atoms with van der Waals surface area (Å²) in [7, 11) is 0. The van der Waals surface area contributed by atoms with Gasteiger partial charge < -0.3 is 14.7 Å². The monoisotopic (exact) mass is 361 g/mol. The van der Waals surface area contributed by atoms with E-state index in [1.807, 2.05) is 36.4 Å². The maximum absolute atomic E-state index is 12.4. The van der Waals surface area contributed by atoms with Gasteiger partial charge in [0, 0.05) is 12.1 Å². The summed E-state index contributed by atoms with van der Waals surface area (Å²) in [5.74, 6) is 0.0970. The number of amides is 1. The Morgan fingerprint density at radius 1 is 1.50 bits per heavy atom. The Morgan fingerprint density at radius 3 is 2.89 bits per heavy atom. The van der Waals surface area contributed by atoms with Crippen molar-refractivity contribution in [1.82, 2.24) is 4.90 Å². The van der Waals surface area contributed by atoms with Crippen LogP contribution in [0.15, 0.2) is 18.2 Å². The normalized spacial score (nSPS) is 24.1. The lowest BCUT2D eigenvalue weighted by atomic mass is 10.1. The van der Waals surface area contributed by atoms with Gasteiger partial charge in [0.1, 0.15) is 5.75 Å². The molecule has 1 saturated heterocycles. The van der Waals surface area contributed by atoms with E-state index in [2.05, 4.69) is 0 Å². The summed E-state index contributed by atoms with van der Waals surface area (Å²) in [4.78, 5) is 14.2.